The van der Waals surface area contributed by atoms with E-state index < -0.39 is 11.0 Å². The second kappa shape index (κ2) is 8.10. The number of rotatable bonds is 6. The van der Waals surface area contributed by atoms with Gasteiger partial charge in [0.05, 0.1) is 16.9 Å². The average Bonchev–Trinajstić information content (AvgIpc) is 3.36. The molecule has 30 heavy (non-hydrogen) atoms. The first-order valence-electron chi connectivity index (χ1n) is 9.87. The highest BCUT2D eigenvalue weighted by Gasteiger charge is 2.36. The number of furan rings is 1. The molecule has 1 aromatic carbocycles. The van der Waals surface area contributed by atoms with Gasteiger partial charge in [0, 0.05) is 31.5 Å². The van der Waals surface area contributed by atoms with Gasteiger partial charge in [0.1, 0.15) is 18.3 Å². The van der Waals surface area contributed by atoms with Gasteiger partial charge in [0.15, 0.2) is 0 Å². The number of likely N-dealkylation sites (N-methyl/N-ethyl adjacent to an activating group) is 1. The SMILES string of the molecule is CN(CC(=O)N1N=C(c2ccc([N+](=O)[O-])cc2)CC1c1ccco1)C(=O)C1CCC1. The number of hydrogen-bond acceptors (Lipinski definition) is 6. The molecule has 0 radical (unpaired) electrons. The molecule has 1 aliphatic carbocycles. The predicted molar refractivity (Wildman–Crippen MR) is 108 cm³/mol. The standard InChI is InChI=1S/C21H22N4O5/c1-23(21(27)15-4-2-5-15)13-20(26)24-18(19-6-3-11-30-19)12-17(22-24)14-7-9-16(10-8-14)25(28)29/h3,6-11,15,18H,2,4-5,12-13H2,1H3. The highest BCUT2D eigenvalue weighted by Crippen LogP contribution is 2.34. The lowest BCUT2D eigenvalue weighted by molar-refractivity contribution is -0.384. The maximum absolute atomic E-state index is 13.0. The highest BCUT2D eigenvalue weighted by atomic mass is 16.6. The lowest BCUT2D eigenvalue weighted by Crippen LogP contribution is -2.42. The van der Waals surface area contributed by atoms with Crippen molar-refractivity contribution in [2.75, 3.05) is 13.6 Å². The quantitative estimate of drug-likeness (QED) is 0.537. The van der Waals surface area contributed by atoms with Crippen molar-refractivity contribution >= 4 is 23.2 Å². The minimum Gasteiger partial charge on any atom is -0.467 e. The van der Waals surface area contributed by atoms with Crippen LogP contribution in [0.2, 0.25) is 0 Å². The van der Waals surface area contributed by atoms with E-state index in [1.54, 1.807) is 31.3 Å². The normalized spacial score (nSPS) is 18.6. The van der Waals surface area contributed by atoms with Crippen molar-refractivity contribution in [3.05, 3.63) is 64.1 Å². The van der Waals surface area contributed by atoms with E-state index in [0.29, 0.717) is 23.5 Å². The second-order valence-electron chi connectivity index (χ2n) is 7.65. The summed E-state index contributed by atoms with van der Waals surface area (Å²) in [6.45, 7) is -0.0659. The Bertz CT molecular complexity index is 979. The van der Waals surface area contributed by atoms with Crippen molar-refractivity contribution in [3.63, 3.8) is 0 Å². The number of carbonyl (C=O) groups excluding carboxylic acids is 2. The molecule has 1 aliphatic heterocycles. The van der Waals surface area contributed by atoms with Gasteiger partial charge in [-0.3, -0.25) is 19.7 Å². The van der Waals surface area contributed by atoms with Crippen molar-refractivity contribution < 1.29 is 18.9 Å². The lowest BCUT2D eigenvalue weighted by Gasteiger charge is -2.30. The van der Waals surface area contributed by atoms with Crippen LogP contribution in [0.15, 0.2) is 52.2 Å². The zero-order valence-electron chi connectivity index (χ0n) is 16.6. The van der Waals surface area contributed by atoms with Crippen LogP contribution in [0.25, 0.3) is 0 Å². The molecule has 156 valence electrons. The maximum Gasteiger partial charge on any atom is 0.269 e. The molecule has 0 saturated heterocycles. The Balaban J connectivity index is 1.54. The minimum absolute atomic E-state index is 0.0102. The number of hydrazone groups is 1. The summed E-state index contributed by atoms with van der Waals surface area (Å²) in [5, 5.41) is 16.7. The molecule has 1 atom stereocenters. The van der Waals surface area contributed by atoms with E-state index in [1.165, 1.54) is 28.3 Å². The summed E-state index contributed by atoms with van der Waals surface area (Å²) in [4.78, 5) is 37.3. The van der Waals surface area contributed by atoms with Gasteiger partial charge in [0.25, 0.3) is 11.6 Å². The van der Waals surface area contributed by atoms with E-state index >= 15 is 0 Å². The van der Waals surface area contributed by atoms with Crippen LogP contribution in [0, 0.1) is 16.0 Å². The Labute approximate surface area is 173 Å². The first kappa shape index (κ1) is 19.8. The zero-order valence-corrected chi connectivity index (χ0v) is 16.6. The molecule has 9 nitrogen and oxygen atoms in total. The molecule has 2 aromatic rings. The minimum atomic E-state index is -0.462. The van der Waals surface area contributed by atoms with Crippen LogP contribution in [0.3, 0.4) is 0 Å². The molecule has 2 heterocycles. The summed E-state index contributed by atoms with van der Waals surface area (Å²) in [6, 6.07) is 9.17. The Morgan fingerprint density at radius 2 is 2.00 bits per heavy atom. The number of hydrogen-bond donors (Lipinski definition) is 0. The Hall–Kier alpha value is -3.49. The molecule has 4 rings (SSSR count). The summed E-state index contributed by atoms with van der Waals surface area (Å²) in [6.07, 6.45) is 4.75. The summed E-state index contributed by atoms with van der Waals surface area (Å²) in [5.74, 6) is 0.296. The van der Waals surface area contributed by atoms with Gasteiger partial charge in [-0.2, -0.15) is 5.10 Å². The first-order valence-corrected chi connectivity index (χ1v) is 9.87. The van der Waals surface area contributed by atoms with Crippen LogP contribution >= 0.6 is 0 Å². The Kier molecular flexibility index (Phi) is 5.35. The van der Waals surface area contributed by atoms with Gasteiger partial charge >= 0.3 is 0 Å². The van der Waals surface area contributed by atoms with E-state index in [9.17, 15) is 19.7 Å². The molecule has 2 aliphatic rings. The molecule has 0 bridgehead atoms. The van der Waals surface area contributed by atoms with Crippen molar-refractivity contribution in [1.29, 1.82) is 0 Å². The molecule has 0 spiro atoms. The van der Waals surface area contributed by atoms with Gasteiger partial charge in [-0.1, -0.05) is 6.42 Å². The number of non-ortho nitro benzene ring substituents is 1. The molecule has 1 fully saturated rings. The van der Waals surface area contributed by atoms with Crippen LogP contribution in [-0.2, 0) is 9.59 Å². The number of benzene rings is 1. The first-order chi connectivity index (χ1) is 14.4. The maximum atomic E-state index is 13.0. The number of nitro groups is 1. The molecule has 9 heteroatoms. The smallest absolute Gasteiger partial charge is 0.269 e. The summed E-state index contributed by atoms with van der Waals surface area (Å²) >= 11 is 0. The largest absolute Gasteiger partial charge is 0.467 e. The van der Waals surface area contributed by atoms with E-state index in [2.05, 4.69) is 5.10 Å². The van der Waals surface area contributed by atoms with Crippen molar-refractivity contribution in [2.24, 2.45) is 11.0 Å². The van der Waals surface area contributed by atoms with Crippen LogP contribution in [0.1, 0.15) is 43.0 Å². The molecule has 2 amide bonds. The lowest BCUT2D eigenvalue weighted by atomic mass is 9.84. The molecular weight excluding hydrogens is 388 g/mol. The monoisotopic (exact) mass is 410 g/mol. The topological polar surface area (TPSA) is 109 Å². The molecule has 1 saturated carbocycles. The van der Waals surface area contributed by atoms with Gasteiger partial charge in [-0.25, -0.2) is 5.01 Å². The van der Waals surface area contributed by atoms with E-state index in [-0.39, 0.29) is 30.0 Å². The van der Waals surface area contributed by atoms with Gasteiger partial charge in [0.2, 0.25) is 5.91 Å². The number of amides is 2. The van der Waals surface area contributed by atoms with Crippen LogP contribution in [-0.4, -0.2) is 46.0 Å². The number of nitrogens with zero attached hydrogens (tertiary/aromatic N) is 4. The fraction of sp³-hybridized carbons (Fsp3) is 0.381. The van der Waals surface area contributed by atoms with Gasteiger partial charge in [-0.05, 0) is 42.7 Å². The molecule has 1 unspecified atom stereocenters. The third-order valence-electron chi connectivity index (χ3n) is 5.65. The Morgan fingerprint density at radius 3 is 2.57 bits per heavy atom. The van der Waals surface area contributed by atoms with Crippen molar-refractivity contribution in [1.82, 2.24) is 9.91 Å². The fourth-order valence-corrected chi connectivity index (χ4v) is 3.71. The van der Waals surface area contributed by atoms with Crippen LogP contribution in [0.4, 0.5) is 5.69 Å². The van der Waals surface area contributed by atoms with Crippen molar-refractivity contribution in [2.45, 2.75) is 31.7 Å². The highest BCUT2D eigenvalue weighted by molar-refractivity contribution is 6.03. The summed E-state index contributed by atoms with van der Waals surface area (Å²) in [7, 11) is 1.64. The third-order valence-corrected chi connectivity index (χ3v) is 5.65. The molecule has 1 aromatic heterocycles. The van der Waals surface area contributed by atoms with Crippen LogP contribution in [0.5, 0.6) is 0 Å². The number of nitro benzene ring substituents is 1. The summed E-state index contributed by atoms with van der Waals surface area (Å²) in [5.41, 5.74) is 1.32. The second-order valence-corrected chi connectivity index (χ2v) is 7.65. The van der Waals surface area contributed by atoms with Crippen molar-refractivity contribution in [3.8, 4) is 0 Å². The van der Waals surface area contributed by atoms with Crippen LogP contribution < -0.4 is 0 Å². The van der Waals surface area contributed by atoms with Gasteiger partial charge < -0.3 is 9.32 Å². The molecular formula is C21H22N4O5. The number of carbonyl (C=O) groups is 2. The summed E-state index contributed by atoms with van der Waals surface area (Å²) < 4.78 is 5.51. The Morgan fingerprint density at radius 1 is 1.27 bits per heavy atom. The fourth-order valence-electron chi connectivity index (χ4n) is 3.71. The van der Waals surface area contributed by atoms with E-state index in [1.807, 2.05) is 0 Å². The zero-order chi connectivity index (χ0) is 21.3. The third kappa shape index (κ3) is 3.83. The molecule has 0 N–H and O–H groups in total. The average molecular weight is 410 g/mol. The predicted octanol–water partition coefficient (Wildman–Crippen LogP) is 3.12. The van der Waals surface area contributed by atoms with E-state index in [4.69, 9.17) is 4.42 Å². The van der Waals surface area contributed by atoms with Gasteiger partial charge in [-0.15, -0.1) is 0 Å². The van der Waals surface area contributed by atoms with E-state index in [0.717, 1.165) is 19.3 Å².